The molecule has 1 heterocycles. The normalized spacial score (nSPS) is 12.0. The highest BCUT2D eigenvalue weighted by Gasteiger charge is 2.23. The average molecular weight is 463 g/mol. The maximum Gasteiger partial charge on any atom is 0.287 e. The lowest BCUT2D eigenvalue weighted by Crippen LogP contribution is -2.17. The maximum atomic E-state index is 13.0. The first-order valence-electron chi connectivity index (χ1n) is 10.6. The second kappa shape index (κ2) is 8.41. The number of benzene rings is 3. The molecule has 0 saturated carbocycles. The summed E-state index contributed by atoms with van der Waals surface area (Å²) < 4.78 is 34.5. The molecule has 0 radical (unpaired) electrons. The predicted octanol–water partition coefficient (Wildman–Crippen LogP) is 5.56. The van der Waals surface area contributed by atoms with Crippen LogP contribution in [-0.4, -0.2) is 21.4 Å². The van der Waals surface area contributed by atoms with Crippen molar-refractivity contribution < 1.29 is 17.6 Å². The van der Waals surface area contributed by atoms with Crippen molar-refractivity contribution in [2.75, 3.05) is 11.8 Å². The molecule has 0 fully saturated rings. The summed E-state index contributed by atoms with van der Waals surface area (Å²) >= 11 is 0. The van der Waals surface area contributed by atoms with E-state index < -0.39 is 10.0 Å². The SMILES string of the molecule is CNC(=O)c1oc2ccc(NS(=O)(=O)c3ccc(C(C)(C)C)cc3)cc2c1-c1ccccc1. The molecule has 4 aromatic rings. The molecule has 6 nitrogen and oxygen atoms in total. The van der Waals surface area contributed by atoms with Crippen molar-refractivity contribution in [2.45, 2.75) is 31.1 Å². The third-order valence-electron chi connectivity index (χ3n) is 5.47. The Labute approximate surface area is 193 Å². The highest BCUT2D eigenvalue weighted by Crippen LogP contribution is 2.36. The summed E-state index contributed by atoms with van der Waals surface area (Å²) in [5.74, 6) is -0.178. The zero-order valence-electron chi connectivity index (χ0n) is 19.0. The Hall–Kier alpha value is -3.58. The quantitative estimate of drug-likeness (QED) is 0.407. The minimum Gasteiger partial charge on any atom is -0.450 e. The number of carbonyl (C=O) groups excluding carboxylic acids is 1. The van der Waals surface area contributed by atoms with Crippen LogP contribution in [0.15, 0.2) is 82.1 Å². The molecule has 2 N–H and O–H groups in total. The standard InChI is InChI=1S/C26H26N2O4S/c1-26(2,3)18-10-13-20(14-11-18)33(30,31)28-19-12-15-22-21(16-19)23(17-8-6-5-7-9-17)24(32-22)25(29)27-4/h5-16,28H,1-4H3,(H,27,29). The van der Waals surface area contributed by atoms with Gasteiger partial charge in [0.15, 0.2) is 0 Å². The van der Waals surface area contributed by atoms with Gasteiger partial charge in [-0.25, -0.2) is 8.42 Å². The number of fused-ring (bicyclic) bond motifs is 1. The molecule has 0 spiro atoms. The fourth-order valence-corrected chi connectivity index (χ4v) is 4.72. The minimum absolute atomic E-state index is 0.0711. The van der Waals surface area contributed by atoms with Gasteiger partial charge in [-0.1, -0.05) is 63.2 Å². The predicted molar refractivity (Wildman–Crippen MR) is 131 cm³/mol. The molecule has 1 amide bonds. The van der Waals surface area contributed by atoms with Crippen LogP contribution in [0.2, 0.25) is 0 Å². The van der Waals surface area contributed by atoms with Crippen LogP contribution in [0.3, 0.4) is 0 Å². The number of anilines is 1. The Morgan fingerprint density at radius 3 is 2.18 bits per heavy atom. The molecule has 7 heteroatoms. The van der Waals surface area contributed by atoms with Crippen LogP contribution in [-0.2, 0) is 15.4 Å². The Balaban J connectivity index is 1.76. The van der Waals surface area contributed by atoms with Crippen LogP contribution in [0.25, 0.3) is 22.1 Å². The first kappa shape index (κ1) is 22.6. The highest BCUT2D eigenvalue weighted by molar-refractivity contribution is 7.92. The summed E-state index contributed by atoms with van der Waals surface area (Å²) in [5.41, 5.74) is 3.26. The molecular weight excluding hydrogens is 436 g/mol. The monoisotopic (exact) mass is 462 g/mol. The number of nitrogens with one attached hydrogen (secondary N) is 2. The molecule has 3 aromatic carbocycles. The summed E-state index contributed by atoms with van der Waals surface area (Å²) in [6, 6.07) is 21.2. The van der Waals surface area contributed by atoms with E-state index in [1.807, 2.05) is 42.5 Å². The van der Waals surface area contributed by atoms with E-state index in [0.717, 1.165) is 11.1 Å². The lowest BCUT2D eigenvalue weighted by atomic mass is 9.87. The van der Waals surface area contributed by atoms with Gasteiger partial charge in [0.1, 0.15) is 5.58 Å². The van der Waals surface area contributed by atoms with Crippen molar-refractivity contribution in [1.82, 2.24) is 5.32 Å². The summed E-state index contributed by atoms with van der Waals surface area (Å²) in [6.07, 6.45) is 0. The van der Waals surface area contributed by atoms with Gasteiger partial charge in [-0.05, 0) is 46.9 Å². The molecule has 0 aliphatic heterocycles. The van der Waals surface area contributed by atoms with Gasteiger partial charge in [0, 0.05) is 23.7 Å². The first-order chi connectivity index (χ1) is 15.6. The smallest absolute Gasteiger partial charge is 0.287 e. The lowest BCUT2D eigenvalue weighted by Gasteiger charge is -2.19. The summed E-state index contributed by atoms with van der Waals surface area (Å²) in [5, 5.41) is 3.24. The number of hydrogen-bond acceptors (Lipinski definition) is 4. The zero-order chi connectivity index (χ0) is 23.8. The zero-order valence-corrected chi connectivity index (χ0v) is 19.8. The second-order valence-electron chi connectivity index (χ2n) is 8.84. The molecule has 0 unspecified atom stereocenters. The Kier molecular flexibility index (Phi) is 5.76. The van der Waals surface area contributed by atoms with Crippen molar-refractivity contribution in [3.05, 3.63) is 84.1 Å². The number of amides is 1. The number of hydrogen-bond donors (Lipinski definition) is 2. The maximum absolute atomic E-state index is 13.0. The van der Waals surface area contributed by atoms with E-state index in [1.165, 1.54) is 7.05 Å². The largest absolute Gasteiger partial charge is 0.450 e. The molecule has 170 valence electrons. The summed E-state index contributed by atoms with van der Waals surface area (Å²) in [4.78, 5) is 12.6. The molecule has 0 aliphatic rings. The topological polar surface area (TPSA) is 88.4 Å². The Morgan fingerprint density at radius 1 is 0.909 bits per heavy atom. The molecule has 0 atom stereocenters. The van der Waals surface area contributed by atoms with E-state index in [2.05, 4.69) is 30.8 Å². The van der Waals surface area contributed by atoms with Gasteiger partial charge in [0.05, 0.1) is 4.90 Å². The van der Waals surface area contributed by atoms with E-state index in [4.69, 9.17) is 4.42 Å². The third kappa shape index (κ3) is 4.50. The van der Waals surface area contributed by atoms with Gasteiger partial charge >= 0.3 is 0 Å². The lowest BCUT2D eigenvalue weighted by molar-refractivity contribution is 0.0938. The van der Waals surface area contributed by atoms with Gasteiger partial charge < -0.3 is 9.73 Å². The second-order valence-corrected chi connectivity index (χ2v) is 10.5. The first-order valence-corrected chi connectivity index (χ1v) is 12.1. The van der Waals surface area contributed by atoms with Crippen LogP contribution >= 0.6 is 0 Å². The average Bonchev–Trinajstić information content (AvgIpc) is 3.17. The number of furan rings is 1. The van der Waals surface area contributed by atoms with Crippen LogP contribution < -0.4 is 10.0 Å². The fraction of sp³-hybridized carbons (Fsp3) is 0.192. The van der Waals surface area contributed by atoms with Gasteiger partial charge in [-0.15, -0.1) is 0 Å². The van der Waals surface area contributed by atoms with E-state index in [-0.39, 0.29) is 22.0 Å². The van der Waals surface area contributed by atoms with Crippen molar-refractivity contribution >= 4 is 32.6 Å². The Morgan fingerprint density at radius 2 is 1.58 bits per heavy atom. The third-order valence-corrected chi connectivity index (χ3v) is 6.86. The molecule has 0 aliphatic carbocycles. The van der Waals surface area contributed by atoms with Gasteiger partial charge in [0.2, 0.25) is 5.76 Å². The van der Waals surface area contributed by atoms with Crippen molar-refractivity contribution in [1.29, 1.82) is 0 Å². The van der Waals surface area contributed by atoms with Gasteiger partial charge in [0.25, 0.3) is 15.9 Å². The van der Waals surface area contributed by atoms with Crippen molar-refractivity contribution in [2.24, 2.45) is 0 Å². The number of sulfonamides is 1. The Bertz CT molecular complexity index is 1420. The fourth-order valence-electron chi connectivity index (χ4n) is 3.67. The van der Waals surface area contributed by atoms with Crippen molar-refractivity contribution in [3.8, 4) is 11.1 Å². The number of carbonyl (C=O) groups is 1. The molecule has 0 saturated heterocycles. The minimum atomic E-state index is -3.80. The summed E-state index contributed by atoms with van der Waals surface area (Å²) in [6.45, 7) is 6.23. The van der Waals surface area contributed by atoms with E-state index in [0.29, 0.717) is 22.2 Å². The molecule has 0 bridgehead atoms. The van der Waals surface area contributed by atoms with E-state index in [1.54, 1.807) is 30.3 Å². The molecule has 1 aromatic heterocycles. The van der Waals surface area contributed by atoms with Crippen molar-refractivity contribution in [3.63, 3.8) is 0 Å². The summed E-state index contributed by atoms with van der Waals surface area (Å²) in [7, 11) is -2.26. The van der Waals surface area contributed by atoms with Crippen LogP contribution in [0.5, 0.6) is 0 Å². The van der Waals surface area contributed by atoms with Crippen LogP contribution in [0, 0.1) is 0 Å². The van der Waals surface area contributed by atoms with Crippen LogP contribution in [0.4, 0.5) is 5.69 Å². The van der Waals surface area contributed by atoms with E-state index >= 15 is 0 Å². The van der Waals surface area contributed by atoms with E-state index in [9.17, 15) is 13.2 Å². The van der Waals surface area contributed by atoms with Gasteiger partial charge in [-0.2, -0.15) is 0 Å². The molecule has 33 heavy (non-hydrogen) atoms. The highest BCUT2D eigenvalue weighted by atomic mass is 32.2. The van der Waals surface area contributed by atoms with Gasteiger partial charge in [-0.3, -0.25) is 9.52 Å². The van der Waals surface area contributed by atoms with Crippen LogP contribution in [0.1, 0.15) is 36.9 Å². The molecular formula is C26H26N2O4S. The number of rotatable bonds is 5. The molecule has 4 rings (SSSR count).